The zero-order chi connectivity index (χ0) is 23.4. The number of methoxy groups -OCH3 is 1. The van der Waals surface area contributed by atoms with Crippen molar-refractivity contribution < 1.29 is 14.3 Å². The van der Waals surface area contributed by atoms with Crippen LogP contribution in [0.25, 0.3) is 11.0 Å². The second kappa shape index (κ2) is 9.35. The van der Waals surface area contributed by atoms with Crippen molar-refractivity contribution in [3.05, 3.63) is 94.4 Å². The summed E-state index contributed by atoms with van der Waals surface area (Å²) in [6.07, 6.45) is 1.37. The minimum absolute atomic E-state index is 0.0814. The van der Waals surface area contributed by atoms with Gasteiger partial charge in [-0.2, -0.15) is 0 Å². The zero-order valence-electron chi connectivity index (χ0n) is 18.2. The summed E-state index contributed by atoms with van der Waals surface area (Å²) in [5.74, 6) is -0.401. The first kappa shape index (κ1) is 21.8. The summed E-state index contributed by atoms with van der Waals surface area (Å²) in [7, 11) is 1.52. The lowest BCUT2D eigenvalue weighted by Gasteiger charge is -2.14. The van der Waals surface area contributed by atoms with E-state index in [1.807, 2.05) is 6.07 Å². The molecule has 0 aliphatic rings. The van der Waals surface area contributed by atoms with Gasteiger partial charge in [-0.05, 0) is 43.3 Å². The summed E-state index contributed by atoms with van der Waals surface area (Å²) in [6, 6.07) is 19.2. The highest BCUT2D eigenvalue weighted by Crippen LogP contribution is 2.23. The van der Waals surface area contributed by atoms with Crippen LogP contribution >= 0.6 is 0 Å². The Kier molecular flexibility index (Phi) is 6.17. The number of aromatic nitrogens is 2. The molecule has 0 radical (unpaired) electrons. The first-order valence-electron chi connectivity index (χ1n) is 10.3. The third kappa shape index (κ3) is 4.74. The number of rotatable bonds is 6. The van der Waals surface area contributed by atoms with Crippen molar-refractivity contribution in [2.75, 3.05) is 17.7 Å². The van der Waals surface area contributed by atoms with Gasteiger partial charge in [0.15, 0.2) is 0 Å². The van der Waals surface area contributed by atoms with E-state index in [4.69, 9.17) is 4.74 Å². The van der Waals surface area contributed by atoms with E-state index >= 15 is 0 Å². The van der Waals surface area contributed by atoms with E-state index < -0.39 is 11.3 Å². The number of para-hydroxylation sites is 3. The average molecular weight is 442 g/mol. The van der Waals surface area contributed by atoms with E-state index in [1.54, 1.807) is 67.6 Å². The number of nitrogens with one attached hydrogen (secondary N) is 2. The lowest BCUT2D eigenvalue weighted by atomic mass is 10.1. The maximum Gasteiger partial charge on any atom is 0.261 e. The third-order valence-electron chi connectivity index (χ3n) is 5.03. The Labute approximate surface area is 189 Å². The fourth-order valence-corrected chi connectivity index (χ4v) is 3.45. The molecule has 2 N–H and O–H groups in total. The largest absolute Gasteiger partial charge is 0.495 e. The highest BCUT2D eigenvalue weighted by Gasteiger charge is 2.18. The van der Waals surface area contributed by atoms with E-state index in [-0.39, 0.29) is 23.4 Å². The summed E-state index contributed by atoms with van der Waals surface area (Å²) in [4.78, 5) is 43.2. The quantitative estimate of drug-likeness (QED) is 0.475. The van der Waals surface area contributed by atoms with Crippen molar-refractivity contribution in [2.45, 2.75) is 13.5 Å². The Morgan fingerprint density at radius 3 is 2.45 bits per heavy atom. The lowest BCUT2D eigenvalue weighted by molar-refractivity contribution is -0.116. The van der Waals surface area contributed by atoms with Crippen LogP contribution < -0.4 is 20.8 Å². The van der Waals surface area contributed by atoms with E-state index in [2.05, 4.69) is 15.6 Å². The van der Waals surface area contributed by atoms with Gasteiger partial charge in [0.2, 0.25) is 11.3 Å². The number of carbonyl (C=O) groups excluding carboxylic acids is 2. The monoisotopic (exact) mass is 442 g/mol. The van der Waals surface area contributed by atoms with Gasteiger partial charge >= 0.3 is 0 Å². The molecule has 2 amide bonds. The molecule has 33 heavy (non-hydrogen) atoms. The molecule has 0 unspecified atom stereocenters. The molecule has 0 saturated carbocycles. The Morgan fingerprint density at radius 1 is 0.970 bits per heavy atom. The van der Waals surface area contributed by atoms with Crippen LogP contribution in [0.15, 0.2) is 77.7 Å². The van der Waals surface area contributed by atoms with E-state index in [0.717, 1.165) is 0 Å². The number of nitrogens with zero attached hydrogens (tertiary/aromatic N) is 2. The molecule has 0 spiro atoms. The van der Waals surface area contributed by atoms with Crippen molar-refractivity contribution in [3.63, 3.8) is 0 Å². The molecule has 0 aliphatic carbocycles. The maximum absolute atomic E-state index is 13.1. The topological polar surface area (TPSA) is 102 Å². The van der Waals surface area contributed by atoms with E-state index in [9.17, 15) is 14.4 Å². The number of fused-ring (bicyclic) bond motifs is 1. The fourth-order valence-electron chi connectivity index (χ4n) is 3.45. The number of carbonyl (C=O) groups is 2. The second-order valence-corrected chi connectivity index (χ2v) is 7.39. The van der Waals surface area contributed by atoms with Crippen LogP contribution in [0.1, 0.15) is 16.1 Å². The predicted octanol–water partition coefficient (Wildman–Crippen LogP) is 3.60. The molecule has 0 atom stereocenters. The molecule has 2 heterocycles. The Morgan fingerprint density at radius 2 is 1.70 bits per heavy atom. The Hall–Kier alpha value is -4.46. The zero-order valence-corrected chi connectivity index (χ0v) is 18.2. The molecular formula is C25H22N4O4. The van der Waals surface area contributed by atoms with Crippen LogP contribution in [0.4, 0.5) is 11.4 Å². The van der Waals surface area contributed by atoms with E-state index in [0.29, 0.717) is 28.5 Å². The van der Waals surface area contributed by atoms with Crippen molar-refractivity contribution in [1.82, 2.24) is 9.55 Å². The van der Waals surface area contributed by atoms with Crippen molar-refractivity contribution in [1.29, 1.82) is 0 Å². The molecule has 8 nitrogen and oxygen atoms in total. The van der Waals surface area contributed by atoms with Crippen LogP contribution in [-0.2, 0) is 11.3 Å². The third-order valence-corrected chi connectivity index (χ3v) is 5.03. The summed E-state index contributed by atoms with van der Waals surface area (Å²) in [6.45, 7) is 1.64. The van der Waals surface area contributed by atoms with Crippen molar-refractivity contribution in [3.8, 4) is 5.75 Å². The van der Waals surface area contributed by atoms with Gasteiger partial charge in [-0.25, -0.2) is 4.98 Å². The van der Waals surface area contributed by atoms with Crippen LogP contribution in [0, 0.1) is 6.92 Å². The maximum atomic E-state index is 13.1. The molecule has 166 valence electrons. The van der Waals surface area contributed by atoms with Crippen LogP contribution in [0.2, 0.25) is 0 Å². The number of aryl methyl sites for hydroxylation is 1. The molecule has 8 heteroatoms. The average Bonchev–Trinajstić information content (AvgIpc) is 2.81. The minimum atomic E-state index is -0.562. The van der Waals surface area contributed by atoms with Crippen LogP contribution in [0.3, 0.4) is 0 Å². The predicted molar refractivity (Wildman–Crippen MR) is 127 cm³/mol. The van der Waals surface area contributed by atoms with Crippen LogP contribution in [0.5, 0.6) is 5.75 Å². The van der Waals surface area contributed by atoms with Crippen LogP contribution in [-0.4, -0.2) is 28.5 Å². The first-order valence-corrected chi connectivity index (χ1v) is 10.3. The number of ether oxygens (including phenoxy) is 1. The fraction of sp³-hybridized carbons (Fsp3) is 0.120. The van der Waals surface area contributed by atoms with Gasteiger partial charge in [-0.1, -0.05) is 30.3 Å². The number of hydrogen-bond acceptors (Lipinski definition) is 5. The summed E-state index contributed by atoms with van der Waals surface area (Å²) < 4.78 is 6.79. The van der Waals surface area contributed by atoms with Gasteiger partial charge in [0.1, 0.15) is 23.5 Å². The van der Waals surface area contributed by atoms with Gasteiger partial charge in [-0.3, -0.25) is 14.4 Å². The van der Waals surface area contributed by atoms with Gasteiger partial charge in [-0.15, -0.1) is 0 Å². The molecule has 0 saturated heterocycles. The highest BCUT2D eigenvalue weighted by atomic mass is 16.5. The van der Waals surface area contributed by atoms with Gasteiger partial charge in [0.05, 0.1) is 18.2 Å². The number of benzene rings is 2. The summed E-state index contributed by atoms with van der Waals surface area (Å²) >= 11 is 0. The lowest BCUT2D eigenvalue weighted by Crippen LogP contribution is -2.27. The number of pyridine rings is 2. The molecule has 2 aromatic heterocycles. The normalized spacial score (nSPS) is 10.6. The standard InChI is InChI=1S/C25H22N4O4/c1-16-12-13-18-23(31)19(25(32)27-17-8-4-3-5-9-17)14-29(24(18)26-16)15-22(30)28-20-10-6-7-11-21(20)33-2/h3-14H,15H2,1-2H3,(H,27,32)(H,28,30). The van der Waals surface area contributed by atoms with Gasteiger partial charge in [0, 0.05) is 17.6 Å². The van der Waals surface area contributed by atoms with E-state index in [1.165, 1.54) is 17.9 Å². The second-order valence-electron chi connectivity index (χ2n) is 7.39. The Balaban J connectivity index is 1.71. The van der Waals surface area contributed by atoms with Crippen molar-refractivity contribution >= 4 is 34.2 Å². The molecular weight excluding hydrogens is 420 g/mol. The Bertz CT molecular complexity index is 1400. The molecule has 0 fully saturated rings. The van der Waals surface area contributed by atoms with Gasteiger partial charge in [0.25, 0.3) is 5.91 Å². The first-order chi connectivity index (χ1) is 16.0. The smallest absolute Gasteiger partial charge is 0.261 e. The number of hydrogen-bond donors (Lipinski definition) is 2. The highest BCUT2D eigenvalue weighted by molar-refractivity contribution is 6.05. The molecule has 0 bridgehead atoms. The SMILES string of the molecule is COc1ccccc1NC(=O)Cn1cc(C(=O)Nc2ccccc2)c(=O)c2ccc(C)nc21. The minimum Gasteiger partial charge on any atom is -0.495 e. The number of anilines is 2. The number of amides is 2. The summed E-state index contributed by atoms with van der Waals surface area (Å²) in [5.41, 5.74) is 1.55. The molecule has 4 aromatic rings. The molecule has 0 aliphatic heterocycles. The van der Waals surface area contributed by atoms with Gasteiger partial charge < -0.3 is 19.9 Å². The molecule has 4 rings (SSSR count). The molecule has 2 aromatic carbocycles. The summed E-state index contributed by atoms with van der Waals surface area (Å²) in [5, 5.41) is 5.78. The van der Waals surface area contributed by atoms with Crippen molar-refractivity contribution in [2.24, 2.45) is 0 Å².